The van der Waals surface area contributed by atoms with Crippen LogP contribution in [0.3, 0.4) is 0 Å². The molecule has 0 saturated heterocycles. The second-order valence-corrected chi connectivity index (χ2v) is 6.41. The van der Waals surface area contributed by atoms with Crippen LogP contribution >= 0.6 is 11.8 Å². The predicted octanol–water partition coefficient (Wildman–Crippen LogP) is 4.54. The van der Waals surface area contributed by atoms with Crippen molar-refractivity contribution >= 4 is 17.4 Å². The van der Waals surface area contributed by atoms with E-state index in [-0.39, 0.29) is 5.41 Å². The molecule has 18 heavy (non-hydrogen) atoms. The third-order valence-corrected chi connectivity index (χ3v) is 3.81. The van der Waals surface area contributed by atoms with Crippen LogP contribution in [-0.2, 0) is 0 Å². The summed E-state index contributed by atoms with van der Waals surface area (Å²) in [5.74, 6) is 1.08. The molecule has 0 aliphatic heterocycles. The summed E-state index contributed by atoms with van der Waals surface area (Å²) in [6, 6.07) is 10.6. The lowest BCUT2D eigenvalue weighted by Crippen LogP contribution is -2.23. The number of nitrogens with zero attached hydrogens (tertiary/aromatic N) is 1. The SMILES string of the molecule is CCSc1ccccc1NCC(C)(C)CCC#N. The minimum atomic E-state index is 0.153. The van der Waals surface area contributed by atoms with Gasteiger partial charge in [-0.2, -0.15) is 5.26 Å². The first kappa shape index (κ1) is 14.9. The zero-order valence-electron chi connectivity index (χ0n) is 11.5. The number of thioether (sulfide) groups is 1. The number of anilines is 1. The van der Waals surface area contributed by atoms with E-state index in [2.05, 4.69) is 56.4 Å². The van der Waals surface area contributed by atoms with E-state index in [1.807, 2.05) is 11.8 Å². The molecule has 0 atom stereocenters. The Bertz CT molecular complexity index is 407. The molecule has 0 bridgehead atoms. The molecule has 1 N–H and O–H groups in total. The van der Waals surface area contributed by atoms with Crippen LogP contribution in [0.2, 0.25) is 0 Å². The molecule has 0 fully saturated rings. The normalized spacial score (nSPS) is 11.0. The summed E-state index contributed by atoms with van der Waals surface area (Å²) in [7, 11) is 0. The Hall–Kier alpha value is -1.14. The van der Waals surface area contributed by atoms with E-state index in [1.165, 1.54) is 10.6 Å². The molecule has 0 amide bonds. The predicted molar refractivity (Wildman–Crippen MR) is 80.0 cm³/mol. The summed E-state index contributed by atoms with van der Waals surface area (Å²) in [6.45, 7) is 7.47. The number of rotatable bonds is 7. The van der Waals surface area contributed by atoms with Gasteiger partial charge in [-0.3, -0.25) is 0 Å². The summed E-state index contributed by atoms with van der Waals surface area (Å²) < 4.78 is 0. The van der Waals surface area contributed by atoms with Crippen molar-refractivity contribution in [3.63, 3.8) is 0 Å². The number of nitrogens with one attached hydrogen (secondary N) is 1. The fraction of sp³-hybridized carbons (Fsp3) is 0.533. The van der Waals surface area contributed by atoms with Gasteiger partial charge in [0.05, 0.1) is 6.07 Å². The lowest BCUT2D eigenvalue weighted by atomic mass is 9.88. The van der Waals surface area contributed by atoms with Crippen molar-refractivity contribution in [1.82, 2.24) is 0 Å². The van der Waals surface area contributed by atoms with Gasteiger partial charge in [0.25, 0.3) is 0 Å². The summed E-state index contributed by atoms with van der Waals surface area (Å²) in [5, 5.41) is 12.2. The monoisotopic (exact) mass is 262 g/mol. The first-order chi connectivity index (χ1) is 8.59. The van der Waals surface area contributed by atoms with Gasteiger partial charge in [0, 0.05) is 23.5 Å². The molecule has 0 aromatic heterocycles. The molecule has 0 saturated carbocycles. The Morgan fingerprint density at radius 1 is 1.33 bits per heavy atom. The average molecular weight is 262 g/mol. The number of hydrogen-bond donors (Lipinski definition) is 1. The largest absolute Gasteiger partial charge is 0.384 e. The van der Waals surface area contributed by atoms with Gasteiger partial charge >= 0.3 is 0 Å². The molecule has 0 aliphatic rings. The van der Waals surface area contributed by atoms with E-state index in [0.717, 1.165) is 18.7 Å². The molecule has 98 valence electrons. The Kier molecular flexibility index (Phi) is 6.07. The molecule has 0 radical (unpaired) electrons. The van der Waals surface area contributed by atoms with Gasteiger partial charge in [-0.05, 0) is 29.7 Å². The van der Waals surface area contributed by atoms with E-state index >= 15 is 0 Å². The average Bonchev–Trinajstić information content (AvgIpc) is 2.36. The fourth-order valence-corrected chi connectivity index (χ4v) is 2.49. The van der Waals surface area contributed by atoms with Crippen molar-refractivity contribution in [2.24, 2.45) is 5.41 Å². The standard InChI is InChI=1S/C15H22N2S/c1-4-18-14-9-6-5-8-13(14)17-12-15(2,3)10-7-11-16/h5-6,8-9,17H,4,7,10,12H2,1-3H3. The Morgan fingerprint density at radius 3 is 2.72 bits per heavy atom. The summed E-state index contributed by atoms with van der Waals surface area (Å²) >= 11 is 1.86. The molecule has 0 unspecified atom stereocenters. The molecule has 0 aliphatic carbocycles. The number of benzene rings is 1. The van der Waals surface area contributed by atoms with Gasteiger partial charge in [0.2, 0.25) is 0 Å². The van der Waals surface area contributed by atoms with Crippen molar-refractivity contribution in [1.29, 1.82) is 5.26 Å². The molecule has 1 aromatic rings. The quantitative estimate of drug-likeness (QED) is 0.733. The molecular weight excluding hydrogens is 240 g/mol. The van der Waals surface area contributed by atoms with Crippen molar-refractivity contribution in [2.75, 3.05) is 17.6 Å². The van der Waals surface area contributed by atoms with Gasteiger partial charge in [-0.15, -0.1) is 11.8 Å². The highest BCUT2D eigenvalue weighted by atomic mass is 32.2. The van der Waals surface area contributed by atoms with E-state index in [0.29, 0.717) is 6.42 Å². The van der Waals surface area contributed by atoms with Crippen LogP contribution < -0.4 is 5.32 Å². The van der Waals surface area contributed by atoms with Crippen LogP contribution in [0, 0.1) is 16.7 Å². The number of nitriles is 1. The van der Waals surface area contributed by atoms with Gasteiger partial charge in [0.15, 0.2) is 0 Å². The van der Waals surface area contributed by atoms with Crippen LogP contribution in [0.5, 0.6) is 0 Å². The van der Waals surface area contributed by atoms with Crippen molar-refractivity contribution in [3.8, 4) is 6.07 Å². The van der Waals surface area contributed by atoms with E-state index in [9.17, 15) is 0 Å². The van der Waals surface area contributed by atoms with Gasteiger partial charge in [-0.1, -0.05) is 32.9 Å². The summed E-state index contributed by atoms with van der Waals surface area (Å²) in [6.07, 6.45) is 1.56. The van der Waals surface area contributed by atoms with Gasteiger partial charge in [0.1, 0.15) is 0 Å². The van der Waals surface area contributed by atoms with Crippen LogP contribution in [-0.4, -0.2) is 12.3 Å². The topological polar surface area (TPSA) is 35.8 Å². The minimum Gasteiger partial charge on any atom is -0.384 e. The number of para-hydroxylation sites is 1. The molecule has 1 aromatic carbocycles. The third-order valence-electron chi connectivity index (χ3n) is 2.86. The van der Waals surface area contributed by atoms with E-state index in [4.69, 9.17) is 5.26 Å². The molecule has 3 heteroatoms. The smallest absolute Gasteiger partial charge is 0.0621 e. The van der Waals surface area contributed by atoms with Crippen LogP contribution in [0.1, 0.15) is 33.6 Å². The first-order valence-corrected chi connectivity index (χ1v) is 7.40. The first-order valence-electron chi connectivity index (χ1n) is 6.42. The summed E-state index contributed by atoms with van der Waals surface area (Å²) in [4.78, 5) is 1.30. The summed E-state index contributed by atoms with van der Waals surface area (Å²) in [5.41, 5.74) is 1.36. The van der Waals surface area contributed by atoms with Gasteiger partial charge < -0.3 is 5.32 Å². The maximum absolute atomic E-state index is 8.66. The highest BCUT2D eigenvalue weighted by Crippen LogP contribution is 2.29. The zero-order chi connectivity index (χ0) is 13.4. The van der Waals surface area contributed by atoms with E-state index in [1.54, 1.807) is 0 Å². The lowest BCUT2D eigenvalue weighted by molar-refractivity contribution is 0.363. The third kappa shape index (κ3) is 5.01. The Labute approximate surface area is 115 Å². The highest BCUT2D eigenvalue weighted by Gasteiger charge is 2.17. The molecule has 0 heterocycles. The maximum atomic E-state index is 8.66. The Balaban J connectivity index is 2.60. The van der Waals surface area contributed by atoms with Crippen molar-refractivity contribution in [2.45, 2.75) is 38.5 Å². The minimum absolute atomic E-state index is 0.153. The maximum Gasteiger partial charge on any atom is 0.0621 e. The van der Waals surface area contributed by atoms with Crippen LogP contribution in [0.4, 0.5) is 5.69 Å². The second-order valence-electron chi connectivity index (χ2n) is 5.11. The number of hydrogen-bond acceptors (Lipinski definition) is 3. The lowest BCUT2D eigenvalue weighted by Gasteiger charge is -2.25. The molecule has 2 nitrogen and oxygen atoms in total. The van der Waals surface area contributed by atoms with Gasteiger partial charge in [-0.25, -0.2) is 0 Å². The van der Waals surface area contributed by atoms with Crippen LogP contribution in [0.15, 0.2) is 29.2 Å². The van der Waals surface area contributed by atoms with E-state index < -0.39 is 0 Å². The fourth-order valence-electron chi connectivity index (χ4n) is 1.71. The van der Waals surface area contributed by atoms with Crippen molar-refractivity contribution in [3.05, 3.63) is 24.3 Å². The highest BCUT2D eigenvalue weighted by molar-refractivity contribution is 7.99. The van der Waals surface area contributed by atoms with Crippen LogP contribution in [0.25, 0.3) is 0 Å². The molecule has 1 rings (SSSR count). The molecule has 0 spiro atoms. The molecular formula is C15H22N2S. The zero-order valence-corrected chi connectivity index (χ0v) is 12.3. The Morgan fingerprint density at radius 2 is 2.06 bits per heavy atom. The van der Waals surface area contributed by atoms with Crippen molar-refractivity contribution < 1.29 is 0 Å². The second kappa shape index (κ2) is 7.33.